The second kappa shape index (κ2) is 3.84. The summed E-state index contributed by atoms with van der Waals surface area (Å²) in [7, 11) is 0. The molecule has 0 heteroatoms. The van der Waals surface area contributed by atoms with Crippen LogP contribution in [0.4, 0.5) is 0 Å². The van der Waals surface area contributed by atoms with E-state index in [1.54, 1.807) is 16.7 Å². The van der Waals surface area contributed by atoms with E-state index < -0.39 is 0 Å². The molecule has 0 saturated carbocycles. The van der Waals surface area contributed by atoms with E-state index in [0.29, 0.717) is 0 Å². The van der Waals surface area contributed by atoms with Gasteiger partial charge in [0.05, 0.1) is 0 Å². The highest BCUT2D eigenvalue weighted by atomic mass is 14.2. The summed E-state index contributed by atoms with van der Waals surface area (Å²) in [4.78, 5) is 0. The fraction of sp³-hybridized carbons (Fsp3) is 0.222. The van der Waals surface area contributed by atoms with Crippen molar-refractivity contribution >= 4 is 16.3 Å². The zero-order valence-electron chi connectivity index (χ0n) is 10.4. The molecule has 0 amide bonds. The fourth-order valence-electron chi connectivity index (χ4n) is 3.40. The maximum Gasteiger partial charge on any atom is -0.0146 e. The van der Waals surface area contributed by atoms with Crippen molar-refractivity contribution in [1.29, 1.82) is 0 Å². The van der Waals surface area contributed by atoms with Crippen LogP contribution in [-0.4, -0.2) is 0 Å². The van der Waals surface area contributed by atoms with Gasteiger partial charge in [-0.3, -0.25) is 0 Å². The SMILES string of the molecule is C1=CC2=C(CC1)c1ccc3ccccc3c1CC2. The smallest absolute Gasteiger partial charge is 0.0146 e. The van der Waals surface area contributed by atoms with Gasteiger partial charge in [-0.1, -0.05) is 48.6 Å². The van der Waals surface area contributed by atoms with Crippen molar-refractivity contribution in [3.8, 4) is 0 Å². The van der Waals surface area contributed by atoms with Gasteiger partial charge in [0, 0.05) is 0 Å². The van der Waals surface area contributed by atoms with Crippen LogP contribution in [0.2, 0.25) is 0 Å². The van der Waals surface area contributed by atoms with E-state index in [9.17, 15) is 0 Å². The molecular formula is C18H16. The zero-order chi connectivity index (χ0) is 11.9. The molecule has 2 aliphatic rings. The molecule has 0 aromatic heterocycles. The van der Waals surface area contributed by atoms with Gasteiger partial charge in [-0.15, -0.1) is 0 Å². The molecule has 0 saturated heterocycles. The highest BCUT2D eigenvalue weighted by Gasteiger charge is 2.20. The largest absolute Gasteiger partial charge is 0.0839 e. The molecule has 0 N–H and O–H groups in total. The summed E-state index contributed by atoms with van der Waals surface area (Å²) >= 11 is 0. The van der Waals surface area contributed by atoms with E-state index >= 15 is 0 Å². The van der Waals surface area contributed by atoms with Crippen LogP contribution in [0.25, 0.3) is 16.3 Å². The lowest BCUT2D eigenvalue weighted by Crippen LogP contribution is -2.06. The Morgan fingerprint density at radius 2 is 1.78 bits per heavy atom. The first-order valence-corrected chi connectivity index (χ1v) is 6.83. The molecule has 0 spiro atoms. The van der Waals surface area contributed by atoms with Gasteiger partial charge in [0.1, 0.15) is 0 Å². The van der Waals surface area contributed by atoms with E-state index in [0.717, 1.165) is 0 Å². The predicted molar refractivity (Wildman–Crippen MR) is 77.6 cm³/mol. The summed E-state index contributed by atoms with van der Waals surface area (Å²) in [5, 5.41) is 2.84. The first kappa shape index (κ1) is 10.1. The van der Waals surface area contributed by atoms with Crippen LogP contribution < -0.4 is 0 Å². The summed E-state index contributed by atoms with van der Waals surface area (Å²) in [5.41, 5.74) is 6.26. The minimum Gasteiger partial charge on any atom is -0.0839 e. The second-order valence-electron chi connectivity index (χ2n) is 5.26. The summed E-state index contributed by atoms with van der Waals surface area (Å²) < 4.78 is 0. The highest BCUT2D eigenvalue weighted by molar-refractivity contribution is 5.92. The molecule has 0 nitrogen and oxygen atoms in total. The molecule has 88 valence electrons. The monoisotopic (exact) mass is 232 g/mol. The van der Waals surface area contributed by atoms with Crippen molar-refractivity contribution in [2.24, 2.45) is 0 Å². The van der Waals surface area contributed by atoms with Crippen molar-refractivity contribution in [2.45, 2.75) is 25.7 Å². The van der Waals surface area contributed by atoms with Gasteiger partial charge >= 0.3 is 0 Å². The first-order valence-electron chi connectivity index (χ1n) is 6.83. The molecular weight excluding hydrogens is 216 g/mol. The fourth-order valence-corrected chi connectivity index (χ4v) is 3.40. The minimum absolute atomic E-state index is 1.19. The number of rotatable bonds is 0. The van der Waals surface area contributed by atoms with E-state index in [2.05, 4.69) is 48.6 Å². The molecule has 0 bridgehead atoms. The van der Waals surface area contributed by atoms with Crippen molar-refractivity contribution < 1.29 is 0 Å². The van der Waals surface area contributed by atoms with Gasteiger partial charge in [0.2, 0.25) is 0 Å². The van der Waals surface area contributed by atoms with Gasteiger partial charge < -0.3 is 0 Å². The van der Waals surface area contributed by atoms with E-state index in [-0.39, 0.29) is 0 Å². The normalized spacial score (nSPS) is 17.8. The molecule has 0 fully saturated rings. The summed E-state index contributed by atoms with van der Waals surface area (Å²) in [6.07, 6.45) is 9.50. The Bertz CT molecular complexity index is 686. The topological polar surface area (TPSA) is 0 Å². The number of allylic oxidation sites excluding steroid dienone is 4. The molecule has 0 unspecified atom stereocenters. The van der Waals surface area contributed by atoms with Crippen molar-refractivity contribution in [3.63, 3.8) is 0 Å². The summed E-state index contributed by atoms with van der Waals surface area (Å²) in [6.45, 7) is 0. The maximum atomic E-state index is 2.34. The Hall–Kier alpha value is -1.82. The maximum absolute atomic E-state index is 2.34. The molecule has 2 aliphatic carbocycles. The minimum atomic E-state index is 1.19. The summed E-state index contributed by atoms with van der Waals surface area (Å²) in [5.74, 6) is 0. The van der Waals surface area contributed by atoms with Gasteiger partial charge in [-0.2, -0.15) is 0 Å². The average molecular weight is 232 g/mol. The average Bonchev–Trinajstić information content (AvgIpc) is 2.46. The van der Waals surface area contributed by atoms with Crippen LogP contribution in [0.3, 0.4) is 0 Å². The van der Waals surface area contributed by atoms with E-state index in [1.165, 1.54) is 42.0 Å². The van der Waals surface area contributed by atoms with E-state index in [1.807, 2.05) is 0 Å². The zero-order valence-corrected chi connectivity index (χ0v) is 10.4. The Morgan fingerprint density at radius 1 is 0.833 bits per heavy atom. The van der Waals surface area contributed by atoms with E-state index in [4.69, 9.17) is 0 Å². The Kier molecular flexibility index (Phi) is 2.16. The molecule has 0 radical (unpaired) electrons. The van der Waals surface area contributed by atoms with Gasteiger partial charge in [-0.25, -0.2) is 0 Å². The van der Waals surface area contributed by atoms with Crippen molar-refractivity contribution in [3.05, 3.63) is 65.3 Å². The lowest BCUT2D eigenvalue weighted by atomic mass is 9.79. The molecule has 0 aliphatic heterocycles. The van der Waals surface area contributed by atoms with Crippen LogP contribution in [0.15, 0.2) is 54.1 Å². The van der Waals surface area contributed by atoms with Gasteiger partial charge in [0.25, 0.3) is 0 Å². The van der Waals surface area contributed by atoms with Crippen molar-refractivity contribution in [2.75, 3.05) is 0 Å². The van der Waals surface area contributed by atoms with Crippen LogP contribution >= 0.6 is 0 Å². The number of fused-ring (bicyclic) bond motifs is 4. The molecule has 2 aromatic rings. The Labute approximate surface area is 108 Å². The predicted octanol–water partition coefficient (Wildman–Crippen LogP) is 4.89. The van der Waals surface area contributed by atoms with Gasteiger partial charge in [0.15, 0.2) is 0 Å². The third-order valence-electron chi connectivity index (χ3n) is 4.28. The first-order chi connectivity index (χ1) is 8.93. The second-order valence-corrected chi connectivity index (χ2v) is 5.26. The lowest BCUT2D eigenvalue weighted by Gasteiger charge is -2.25. The Balaban J connectivity index is 2.03. The molecule has 0 heterocycles. The number of benzene rings is 2. The third-order valence-corrected chi connectivity index (χ3v) is 4.28. The molecule has 4 rings (SSSR count). The van der Waals surface area contributed by atoms with Crippen LogP contribution in [0.1, 0.15) is 30.4 Å². The number of aryl methyl sites for hydroxylation is 1. The van der Waals surface area contributed by atoms with Crippen LogP contribution in [-0.2, 0) is 6.42 Å². The summed E-state index contributed by atoms with van der Waals surface area (Å²) in [6, 6.07) is 13.4. The third kappa shape index (κ3) is 1.38. The number of hydrogen-bond donors (Lipinski definition) is 0. The molecule has 2 aromatic carbocycles. The highest BCUT2D eigenvalue weighted by Crippen LogP contribution is 2.39. The van der Waals surface area contributed by atoms with Crippen molar-refractivity contribution in [1.82, 2.24) is 0 Å². The van der Waals surface area contributed by atoms with Crippen LogP contribution in [0, 0.1) is 0 Å². The Morgan fingerprint density at radius 3 is 2.78 bits per heavy atom. The lowest BCUT2D eigenvalue weighted by molar-refractivity contribution is 0.904. The van der Waals surface area contributed by atoms with Crippen LogP contribution in [0.5, 0.6) is 0 Å². The number of hydrogen-bond acceptors (Lipinski definition) is 0. The molecule has 0 atom stereocenters. The quantitative estimate of drug-likeness (QED) is 0.606. The van der Waals surface area contributed by atoms with Gasteiger partial charge in [-0.05, 0) is 58.7 Å². The standard InChI is InChI=1S/C18H16/c1-3-7-15-13(5-1)9-11-18-16-8-4-2-6-14(16)10-12-17(15)18/h1-3,5-7,9,11H,4,8,10,12H2. The molecule has 18 heavy (non-hydrogen) atoms.